The van der Waals surface area contributed by atoms with Crippen molar-refractivity contribution >= 4 is 11.8 Å². The second-order valence-corrected chi connectivity index (χ2v) is 4.32. The number of thioether (sulfide) groups is 1. The van der Waals surface area contributed by atoms with Gasteiger partial charge in [-0.25, -0.2) is 0 Å². The third kappa shape index (κ3) is 3.31. The lowest BCUT2D eigenvalue weighted by Crippen LogP contribution is -2.35. The van der Waals surface area contributed by atoms with Crippen molar-refractivity contribution in [3.05, 3.63) is 0 Å². The first-order valence-corrected chi connectivity index (χ1v) is 5.39. The fourth-order valence-electron chi connectivity index (χ4n) is 1.03. The van der Waals surface area contributed by atoms with Crippen LogP contribution in [0.15, 0.2) is 0 Å². The predicted molar refractivity (Wildman–Crippen MR) is 51.6 cm³/mol. The van der Waals surface area contributed by atoms with Gasteiger partial charge in [-0.2, -0.15) is 11.8 Å². The van der Waals surface area contributed by atoms with Gasteiger partial charge in [-0.05, 0) is 13.5 Å². The van der Waals surface area contributed by atoms with Crippen LogP contribution in [-0.2, 0) is 4.74 Å². The Hall–Kier alpha value is 0.230. The molecule has 72 valence electrons. The summed E-state index contributed by atoms with van der Waals surface area (Å²) in [5.74, 6) is 1.07. The number of aliphatic hydroxyl groups is 1. The van der Waals surface area contributed by atoms with Gasteiger partial charge in [-0.3, -0.25) is 0 Å². The highest BCUT2D eigenvalue weighted by Crippen LogP contribution is 2.20. The van der Waals surface area contributed by atoms with Gasteiger partial charge in [0.1, 0.15) is 0 Å². The van der Waals surface area contributed by atoms with E-state index in [0.29, 0.717) is 11.3 Å². The molecule has 0 radical (unpaired) electrons. The van der Waals surface area contributed by atoms with Gasteiger partial charge in [0, 0.05) is 18.4 Å². The van der Waals surface area contributed by atoms with Gasteiger partial charge in [0.2, 0.25) is 0 Å². The average molecular weight is 191 g/mol. The molecule has 0 spiro atoms. The molecule has 1 rings (SSSR count). The molecule has 0 aromatic carbocycles. The quantitative estimate of drug-likeness (QED) is 0.624. The Morgan fingerprint density at radius 3 is 2.83 bits per heavy atom. The Morgan fingerprint density at radius 1 is 1.67 bits per heavy atom. The van der Waals surface area contributed by atoms with Gasteiger partial charge >= 0.3 is 0 Å². The van der Waals surface area contributed by atoms with Crippen molar-refractivity contribution in [2.75, 3.05) is 32.6 Å². The van der Waals surface area contributed by atoms with Gasteiger partial charge in [0.05, 0.1) is 18.5 Å². The molecule has 1 saturated heterocycles. The maximum Gasteiger partial charge on any atom is 0.0607 e. The van der Waals surface area contributed by atoms with Crippen LogP contribution in [-0.4, -0.2) is 49.0 Å². The summed E-state index contributed by atoms with van der Waals surface area (Å²) < 4.78 is 5.07. The number of hydrogen-bond donors (Lipinski definition) is 2. The van der Waals surface area contributed by atoms with E-state index < -0.39 is 0 Å². The van der Waals surface area contributed by atoms with Crippen molar-refractivity contribution in [2.45, 2.75) is 17.7 Å². The first-order valence-electron chi connectivity index (χ1n) is 4.34. The molecule has 0 amide bonds. The molecule has 0 saturated carbocycles. The van der Waals surface area contributed by atoms with Crippen LogP contribution >= 0.6 is 11.8 Å². The Labute approximate surface area is 77.9 Å². The van der Waals surface area contributed by atoms with E-state index in [2.05, 4.69) is 5.32 Å². The van der Waals surface area contributed by atoms with E-state index in [1.54, 1.807) is 0 Å². The number of aliphatic hydroxyl groups excluding tert-OH is 1. The molecule has 0 aliphatic carbocycles. The van der Waals surface area contributed by atoms with Gasteiger partial charge in [-0.1, -0.05) is 0 Å². The van der Waals surface area contributed by atoms with Crippen LogP contribution in [0.3, 0.4) is 0 Å². The smallest absolute Gasteiger partial charge is 0.0607 e. The third-order valence-electron chi connectivity index (χ3n) is 2.03. The molecule has 12 heavy (non-hydrogen) atoms. The third-order valence-corrected chi connectivity index (χ3v) is 3.36. The van der Waals surface area contributed by atoms with Crippen molar-refractivity contribution in [2.24, 2.45) is 0 Å². The van der Waals surface area contributed by atoms with E-state index >= 15 is 0 Å². The Morgan fingerprint density at radius 2 is 2.42 bits per heavy atom. The molecule has 1 fully saturated rings. The minimum atomic E-state index is 0.271. The summed E-state index contributed by atoms with van der Waals surface area (Å²) in [5.41, 5.74) is 0. The summed E-state index contributed by atoms with van der Waals surface area (Å²) in [7, 11) is 1.94. The first kappa shape index (κ1) is 10.3. The lowest BCUT2D eigenvalue weighted by molar-refractivity contribution is 0.0455. The minimum Gasteiger partial charge on any atom is -0.396 e. The summed E-state index contributed by atoms with van der Waals surface area (Å²) in [6.45, 7) is 2.08. The lowest BCUT2D eigenvalue weighted by atomic mass is 10.2. The number of nitrogens with one attached hydrogen (secondary N) is 1. The Kier molecular flexibility index (Phi) is 4.99. The zero-order valence-electron chi connectivity index (χ0n) is 7.45. The number of rotatable bonds is 6. The van der Waals surface area contributed by atoms with E-state index in [0.717, 1.165) is 25.4 Å². The maximum atomic E-state index is 8.73. The lowest BCUT2D eigenvalue weighted by Gasteiger charge is -2.27. The summed E-state index contributed by atoms with van der Waals surface area (Å²) in [6, 6.07) is 0.445. The normalized spacial score (nSPS) is 20.5. The monoisotopic (exact) mass is 191 g/mol. The highest BCUT2D eigenvalue weighted by atomic mass is 32.2. The summed E-state index contributed by atoms with van der Waals surface area (Å²) in [6.07, 6.45) is 0.844. The van der Waals surface area contributed by atoms with Crippen LogP contribution in [0.2, 0.25) is 0 Å². The minimum absolute atomic E-state index is 0.271. The zero-order valence-corrected chi connectivity index (χ0v) is 8.27. The summed E-state index contributed by atoms with van der Waals surface area (Å²) in [4.78, 5) is 0. The van der Waals surface area contributed by atoms with Gasteiger partial charge in [-0.15, -0.1) is 0 Å². The van der Waals surface area contributed by atoms with Crippen molar-refractivity contribution in [3.63, 3.8) is 0 Å². The van der Waals surface area contributed by atoms with Gasteiger partial charge in [0.15, 0.2) is 0 Å². The maximum absolute atomic E-state index is 8.73. The zero-order chi connectivity index (χ0) is 8.81. The van der Waals surface area contributed by atoms with Crippen LogP contribution in [0.25, 0.3) is 0 Å². The summed E-state index contributed by atoms with van der Waals surface area (Å²) >= 11 is 1.94. The average Bonchev–Trinajstić information content (AvgIpc) is 2.00. The summed E-state index contributed by atoms with van der Waals surface area (Å²) in [5, 5.41) is 12.6. The van der Waals surface area contributed by atoms with Crippen LogP contribution in [0, 0.1) is 0 Å². The van der Waals surface area contributed by atoms with Gasteiger partial charge < -0.3 is 15.2 Å². The molecule has 4 heteroatoms. The second-order valence-electron chi connectivity index (χ2n) is 2.99. The molecule has 0 aromatic heterocycles. The Balaban J connectivity index is 2.01. The molecule has 0 aromatic rings. The van der Waals surface area contributed by atoms with Crippen LogP contribution in [0.5, 0.6) is 0 Å². The molecular weight excluding hydrogens is 174 g/mol. The van der Waals surface area contributed by atoms with Crippen LogP contribution in [0.1, 0.15) is 6.42 Å². The molecule has 1 atom stereocenters. The molecular formula is C8H17NO2S. The molecule has 0 bridgehead atoms. The largest absolute Gasteiger partial charge is 0.396 e. The molecule has 1 aliphatic rings. The fourth-order valence-corrected chi connectivity index (χ4v) is 2.25. The molecule has 3 nitrogen and oxygen atoms in total. The van der Waals surface area contributed by atoms with Crippen molar-refractivity contribution in [1.29, 1.82) is 0 Å². The molecule has 1 heterocycles. The van der Waals surface area contributed by atoms with Crippen LogP contribution in [0.4, 0.5) is 0 Å². The number of ether oxygens (including phenoxy) is 1. The molecule has 1 unspecified atom stereocenters. The van der Waals surface area contributed by atoms with E-state index in [1.807, 2.05) is 18.8 Å². The van der Waals surface area contributed by atoms with Crippen molar-refractivity contribution < 1.29 is 9.84 Å². The second kappa shape index (κ2) is 5.80. The Bertz CT molecular complexity index is 120. The van der Waals surface area contributed by atoms with E-state index in [-0.39, 0.29) is 6.61 Å². The van der Waals surface area contributed by atoms with E-state index in [1.165, 1.54) is 0 Å². The fraction of sp³-hybridized carbons (Fsp3) is 1.00. The van der Waals surface area contributed by atoms with E-state index in [4.69, 9.17) is 9.84 Å². The van der Waals surface area contributed by atoms with Gasteiger partial charge in [0.25, 0.3) is 0 Å². The SMILES string of the molecule is CNC(CCO)CSC1COC1. The van der Waals surface area contributed by atoms with Crippen molar-refractivity contribution in [3.8, 4) is 0 Å². The highest BCUT2D eigenvalue weighted by Gasteiger charge is 2.19. The first-order chi connectivity index (χ1) is 5.86. The number of hydrogen-bond acceptors (Lipinski definition) is 4. The van der Waals surface area contributed by atoms with Crippen molar-refractivity contribution in [1.82, 2.24) is 5.32 Å². The predicted octanol–water partition coefficient (Wildman–Crippen LogP) is 0.0888. The standard InChI is InChI=1S/C8H17NO2S/c1-9-7(2-3-10)6-12-8-4-11-5-8/h7-10H,2-6H2,1H3. The van der Waals surface area contributed by atoms with E-state index in [9.17, 15) is 0 Å². The topological polar surface area (TPSA) is 41.5 Å². The molecule has 2 N–H and O–H groups in total. The molecule has 1 aliphatic heterocycles. The highest BCUT2D eigenvalue weighted by molar-refractivity contribution is 8.00. The van der Waals surface area contributed by atoms with Crippen LogP contribution < -0.4 is 5.32 Å².